The van der Waals surface area contributed by atoms with Crippen LogP contribution in [0.4, 0.5) is 0 Å². The monoisotopic (exact) mass is 414 g/mol. The van der Waals surface area contributed by atoms with Gasteiger partial charge in [0.25, 0.3) is 0 Å². The second kappa shape index (κ2) is 6.58. The largest absolute Gasteiger partial charge is 0.393 e. The molecule has 1 N–H and O–H groups in total. The van der Waals surface area contributed by atoms with Gasteiger partial charge in [0.15, 0.2) is 5.79 Å². The Morgan fingerprint density at radius 1 is 1.03 bits per heavy atom. The lowest BCUT2D eigenvalue weighted by Gasteiger charge is -2.58. The standard InChI is InChI=1S/C27H42O3/c1-16-7-12-27(29-15-16)17(2)24-23(30-27)14-22-20-6-5-18-13-19(28)8-10-25(18,3)21(20)9-11-26(22,24)4/h5,16-17,19-24,28H,6-15H2,1-4H3/t16-,17+,19+,20-,21-,22-,23+,24-,25+,26+,27-/m1/s1. The van der Waals surface area contributed by atoms with Crippen LogP contribution in [-0.4, -0.2) is 29.7 Å². The molecule has 1 spiro atoms. The predicted molar refractivity (Wildman–Crippen MR) is 118 cm³/mol. The number of hydrogen-bond donors (Lipinski definition) is 1. The van der Waals surface area contributed by atoms with Crippen molar-refractivity contribution in [1.29, 1.82) is 0 Å². The maximum Gasteiger partial charge on any atom is 0.171 e. The number of aliphatic hydroxyl groups excluding tert-OH is 1. The quantitative estimate of drug-likeness (QED) is 0.516. The molecule has 0 aromatic rings. The molecule has 168 valence electrons. The average molecular weight is 415 g/mol. The van der Waals surface area contributed by atoms with Gasteiger partial charge in [-0.2, -0.15) is 0 Å². The van der Waals surface area contributed by atoms with Gasteiger partial charge in [0.1, 0.15) is 0 Å². The van der Waals surface area contributed by atoms with Gasteiger partial charge in [-0.15, -0.1) is 0 Å². The molecule has 0 amide bonds. The van der Waals surface area contributed by atoms with Crippen molar-refractivity contribution in [3.63, 3.8) is 0 Å². The first kappa shape index (κ1) is 20.2. The third-order valence-electron chi connectivity index (χ3n) is 11.3. The van der Waals surface area contributed by atoms with E-state index in [0.29, 0.717) is 34.7 Å². The zero-order valence-corrected chi connectivity index (χ0v) is 19.5. The second-order valence-corrected chi connectivity index (χ2v) is 12.7. The highest BCUT2D eigenvalue weighted by atomic mass is 16.7. The molecule has 3 heteroatoms. The Hall–Kier alpha value is -0.380. The minimum Gasteiger partial charge on any atom is -0.393 e. The highest BCUT2D eigenvalue weighted by Gasteiger charge is 2.68. The van der Waals surface area contributed by atoms with Crippen molar-refractivity contribution < 1.29 is 14.6 Å². The number of ether oxygens (including phenoxy) is 2. The van der Waals surface area contributed by atoms with Gasteiger partial charge in [-0.1, -0.05) is 39.3 Å². The van der Waals surface area contributed by atoms with Gasteiger partial charge >= 0.3 is 0 Å². The van der Waals surface area contributed by atoms with Crippen molar-refractivity contribution >= 4 is 0 Å². The summed E-state index contributed by atoms with van der Waals surface area (Å²) in [7, 11) is 0. The van der Waals surface area contributed by atoms with Gasteiger partial charge in [0.2, 0.25) is 0 Å². The second-order valence-electron chi connectivity index (χ2n) is 12.7. The fourth-order valence-corrected chi connectivity index (χ4v) is 9.66. The van der Waals surface area contributed by atoms with Crippen molar-refractivity contribution in [3.05, 3.63) is 11.6 Å². The van der Waals surface area contributed by atoms with E-state index in [2.05, 4.69) is 33.8 Å². The Morgan fingerprint density at radius 2 is 1.87 bits per heavy atom. The first-order valence-corrected chi connectivity index (χ1v) is 13.0. The van der Waals surface area contributed by atoms with Crippen molar-refractivity contribution in [3.8, 4) is 0 Å². The van der Waals surface area contributed by atoms with Crippen LogP contribution < -0.4 is 0 Å². The molecular formula is C27H42O3. The summed E-state index contributed by atoms with van der Waals surface area (Å²) >= 11 is 0. The first-order valence-electron chi connectivity index (χ1n) is 13.0. The molecule has 11 atom stereocenters. The Morgan fingerprint density at radius 3 is 2.63 bits per heavy atom. The number of hydrogen-bond acceptors (Lipinski definition) is 3. The molecule has 30 heavy (non-hydrogen) atoms. The molecule has 0 radical (unpaired) electrons. The van der Waals surface area contributed by atoms with Crippen LogP contribution in [0.15, 0.2) is 11.6 Å². The Labute approximate surface area is 183 Å². The van der Waals surface area contributed by atoms with Crippen LogP contribution in [0.1, 0.15) is 85.5 Å². The predicted octanol–water partition coefficient (Wildman–Crippen LogP) is 5.71. The highest BCUT2D eigenvalue weighted by Crippen LogP contribution is 2.70. The molecular weight excluding hydrogens is 372 g/mol. The summed E-state index contributed by atoms with van der Waals surface area (Å²) in [5.41, 5.74) is 2.31. The summed E-state index contributed by atoms with van der Waals surface area (Å²) in [6.45, 7) is 10.8. The fourth-order valence-electron chi connectivity index (χ4n) is 9.66. The Balaban J connectivity index is 1.28. The topological polar surface area (TPSA) is 38.7 Å². The normalized spacial score (nSPS) is 59.8. The third kappa shape index (κ3) is 2.55. The van der Waals surface area contributed by atoms with E-state index in [1.807, 2.05) is 0 Å². The minimum atomic E-state index is -0.294. The van der Waals surface area contributed by atoms with E-state index in [9.17, 15) is 5.11 Å². The van der Waals surface area contributed by atoms with E-state index in [1.54, 1.807) is 5.57 Å². The summed E-state index contributed by atoms with van der Waals surface area (Å²) in [5, 5.41) is 10.3. The van der Waals surface area contributed by atoms with Gasteiger partial charge in [-0.05, 0) is 91.8 Å². The van der Waals surface area contributed by atoms with Crippen molar-refractivity contribution in [2.75, 3.05) is 6.61 Å². The van der Waals surface area contributed by atoms with E-state index in [-0.39, 0.29) is 11.9 Å². The lowest BCUT2D eigenvalue weighted by molar-refractivity contribution is -0.272. The molecule has 2 saturated heterocycles. The van der Waals surface area contributed by atoms with E-state index in [4.69, 9.17) is 9.47 Å². The summed E-state index contributed by atoms with van der Waals surface area (Å²) < 4.78 is 13.3. The molecule has 4 aliphatic carbocycles. The van der Waals surface area contributed by atoms with E-state index in [1.165, 1.54) is 38.5 Å². The van der Waals surface area contributed by atoms with E-state index >= 15 is 0 Å². The highest BCUT2D eigenvalue weighted by molar-refractivity contribution is 5.26. The van der Waals surface area contributed by atoms with Crippen molar-refractivity contribution in [2.24, 2.45) is 46.3 Å². The van der Waals surface area contributed by atoms with E-state index in [0.717, 1.165) is 43.6 Å². The summed E-state index contributed by atoms with van der Waals surface area (Å²) in [4.78, 5) is 0. The van der Waals surface area contributed by atoms with Crippen molar-refractivity contribution in [1.82, 2.24) is 0 Å². The Bertz CT molecular complexity index is 736. The number of allylic oxidation sites excluding steroid dienone is 1. The minimum absolute atomic E-state index is 0.107. The molecule has 5 fully saturated rings. The smallest absolute Gasteiger partial charge is 0.171 e. The SMILES string of the molecule is C[C@@H]1CC[C@@]2(OC1)O[C@H]1C[C@@H]3[C@@H]4CC=C5C[C@@H](O)CC[C@]5(C)[C@@H]4CC[C@]3(C)[C@@H]1[C@@H]2C. The van der Waals surface area contributed by atoms with E-state index < -0.39 is 0 Å². The van der Waals surface area contributed by atoms with Crippen molar-refractivity contribution in [2.45, 2.75) is 103 Å². The molecule has 2 heterocycles. The van der Waals surface area contributed by atoms with Gasteiger partial charge in [-0.25, -0.2) is 0 Å². The van der Waals surface area contributed by atoms with Gasteiger partial charge in [0.05, 0.1) is 18.8 Å². The number of fused-ring (bicyclic) bond motifs is 7. The van der Waals surface area contributed by atoms with Crippen LogP contribution in [0.5, 0.6) is 0 Å². The summed E-state index contributed by atoms with van der Waals surface area (Å²) in [6.07, 6.45) is 13.5. The van der Waals surface area contributed by atoms with Crippen LogP contribution in [0.3, 0.4) is 0 Å². The third-order valence-corrected chi connectivity index (χ3v) is 11.3. The number of rotatable bonds is 0. The summed E-state index contributed by atoms with van der Waals surface area (Å²) in [5.74, 6) is 3.94. The van der Waals surface area contributed by atoms with Gasteiger partial charge in [-0.3, -0.25) is 0 Å². The molecule has 3 nitrogen and oxygen atoms in total. The molecule has 0 aromatic heterocycles. The lowest BCUT2D eigenvalue weighted by Crippen LogP contribution is -2.52. The number of aliphatic hydroxyl groups is 1. The fraction of sp³-hybridized carbons (Fsp3) is 0.926. The first-order chi connectivity index (χ1) is 14.3. The molecule has 6 aliphatic rings. The maximum atomic E-state index is 10.3. The van der Waals surface area contributed by atoms with Crippen LogP contribution >= 0.6 is 0 Å². The molecule has 6 rings (SSSR count). The van der Waals surface area contributed by atoms with Crippen LogP contribution in [0, 0.1) is 46.3 Å². The molecule has 0 aromatic carbocycles. The summed E-state index contributed by atoms with van der Waals surface area (Å²) in [6, 6.07) is 0. The van der Waals surface area contributed by atoms with Crippen LogP contribution in [-0.2, 0) is 9.47 Å². The molecule has 2 aliphatic heterocycles. The Kier molecular flexibility index (Phi) is 4.44. The molecule has 3 saturated carbocycles. The van der Waals surface area contributed by atoms with Gasteiger partial charge in [0, 0.05) is 12.3 Å². The van der Waals surface area contributed by atoms with Crippen LogP contribution in [0.25, 0.3) is 0 Å². The lowest BCUT2D eigenvalue weighted by atomic mass is 9.47. The molecule has 0 unspecified atom stereocenters. The average Bonchev–Trinajstić information content (AvgIpc) is 3.16. The zero-order chi connectivity index (χ0) is 20.9. The van der Waals surface area contributed by atoms with Crippen LogP contribution in [0.2, 0.25) is 0 Å². The zero-order valence-electron chi connectivity index (χ0n) is 19.5. The van der Waals surface area contributed by atoms with Gasteiger partial charge < -0.3 is 14.6 Å². The maximum absolute atomic E-state index is 10.3. The molecule has 0 bridgehead atoms.